The van der Waals surface area contributed by atoms with Gasteiger partial charge in [0.1, 0.15) is 0 Å². The molecule has 0 aromatic carbocycles. The number of hydrogen-bond donors (Lipinski definition) is 2. The molecule has 1 unspecified atom stereocenters. The molecule has 0 radical (unpaired) electrons. The van der Waals surface area contributed by atoms with Crippen LogP contribution in [0.2, 0.25) is 0 Å². The molecule has 0 bridgehead atoms. The molecule has 2 N–H and O–H groups in total. The zero-order chi connectivity index (χ0) is 8.53. The Morgan fingerprint density at radius 2 is 2.45 bits per heavy atom. The van der Waals surface area contributed by atoms with E-state index in [1.54, 1.807) is 13.2 Å². The van der Waals surface area contributed by atoms with E-state index in [0.29, 0.717) is 6.61 Å². The van der Waals surface area contributed by atoms with Gasteiger partial charge in [0.2, 0.25) is 0 Å². The van der Waals surface area contributed by atoms with Crippen molar-refractivity contribution in [3.8, 4) is 0 Å². The van der Waals surface area contributed by atoms with Crippen molar-refractivity contribution in [2.24, 2.45) is 0 Å². The van der Waals surface area contributed by atoms with Crippen molar-refractivity contribution in [2.75, 3.05) is 26.9 Å². The Morgan fingerprint density at radius 3 is 2.91 bits per heavy atom. The van der Waals surface area contributed by atoms with Crippen LogP contribution in [-0.2, 0) is 4.74 Å². The Labute approximate surface area is 68.1 Å². The average molecular weight is 159 g/mol. The molecule has 0 aliphatic carbocycles. The van der Waals surface area contributed by atoms with E-state index in [2.05, 4.69) is 11.9 Å². The van der Waals surface area contributed by atoms with E-state index in [9.17, 15) is 0 Å². The monoisotopic (exact) mass is 159 g/mol. The smallest absolute Gasteiger partial charge is 0.0616 e. The van der Waals surface area contributed by atoms with Crippen LogP contribution < -0.4 is 5.32 Å². The highest BCUT2D eigenvalue weighted by molar-refractivity contribution is 4.74. The molecular formula is C8H17NO2. The molecule has 0 aromatic heterocycles. The van der Waals surface area contributed by atoms with Crippen LogP contribution in [0.5, 0.6) is 0 Å². The van der Waals surface area contributed by atoms with Gasteiger partial charge in [-0.1, -0.05) is 6.08 Å². The predicted octanol–water partition coefficient (Wildman–Crippen LogP) is 0.159. The second kappa shape index (κ2) is 7.72. The average Bonchev–Trinajstić information content (AvgIpc) is 2.01. The van der Waals surface area contributed by atoms with Crippen molar-refractivity contribution in [3.05, 3.63) is 12.7 Å². The summed E-state index contributed by atoms with van der Waals surface area (Å²) >= 11 is 0. The molecule has 0 aliphatic heterocycles. The minimum atomic E-state index is 0.193. The number of methoxy groups -OCH3 is 1. The minimum Gasteiger partial charge on any atom is -0.396 e. The van der Waals surface area contributed by atoms with E-state index in [0.717, 1.165) is 13.0 Å². The van der Waals surface area contributed by atoms with E-state index < -0.39 is 0 Å². The van der Waals surface area contributed by atoms with Crippen molar-refractivity contribution in [1.29, 1.82) is 0 Å². The van der Waals surface area contributed by atoms with Gasteiger partial charge in [-0.15, -0.1) is 6.58 Å². The lowest BCUT2D eigenvalue weighted by Crippen LogP contribution is -2.34. The number of aliphatic hydroxyl groups is 1. The molecule has 0 saturated heterocycles. The van der Waals surface area contributed by atoms with Gasteiger partial charge in [0.15, 0.2) is 0 Å². The van der Waals surface area contributed by atoms with Crippen LogP contribution >= 0.6 is 0 Å². The van der Waals surface area contributed by atoms with Crippen molar-refractivity contribution in [2.45, 2.75) is 12.5 Å². The van der Waals surface area contributed by atoms with Gasteiger partial charge in [-0.25, -0.2) is 0 Å². The van der Waals surface area contributed by atoms with Gasteiger partial charge < -0.3 is 15.2 Å². The van der Waals surface area contributed by atoms with Crippen molar-refractivity contribution >= 4 is 0 Å². The summed E-state index contributed by atoms with van der Waals surface area (Å²) in [6.45, 7) is 5.17. The first-order valence-corrected chi connectivity index (χ1v) is 3.79. The summed E-state index contributed by atoms with van der Waals surface area (Å²) in [6, 6.07) is 0.239. The topological polar surface area (TPSA) is 41.5 Å². The molecule has 3 nitrogen and oxygen atoms in total. The first-order valence-electron chi connectivity index (χ1n) is 3.79. The normalized spacial score (nSPS) is 12.9. The molecule has 0 saturated carbocycles. The SMILES string of the molecule is C=CCNC(CCO)COC. The maximum atomic E-state index is 8.64. The molecule has 1 atom stereocenters. The zero-order valence-corrected chi connectivity index (χ0v) is 7.05. The third kappa shape index (κ3) is 6.04. The van der Waals surface area contributed by atoms with Crippen LogP contribution in [0.3, 0.4) is 0 Å². The maximum absolute atomic E-state index is 8.64. The Morgan fingerprint density at radius 1 is 1.73 bits per heavy atom. The minimum absolute atomic E-state index is 0.193. The van der Waals surface area contributed by atoms with Crippen LogP contribution in [0, 0.1) is 0 Å². The first-order chi connectivity index (χ1) is 5.35. The molecule has 0 amide bonds. The fourth-order valence-electron chi connectivity index (χ4n) is 0.851. The second-order valence-electron chi connectivity index (χ2n) is 2.36. The quantitative estimate of drug-likeness (QED) is 0.520. The Bertz CT molecular complexity index is 90.1. The molecule has 0 aliphatic rings. The maximum Gasteiger partial charge on any atom is 0.0616 e. The summed E-state index contributed by atoms with van der Waals surface area (Å²) < 4.78 is 4.95. The van der Waals surface area contributed by atoms with Crippen molar-refractivity contribution in [3.63, 3.8) is 0 Å². The van der Waals surface area contributed by atoms with Gasteiger partial charge in [0, 0.05) is 26.3 Å². The highest BCUT2D eigenvalue weighted by atomic mass is 16.5. The first kappa shape index (κ1) is 10.6. The summed E-state index contributed by atoms with van der Waals surface area (Å²) in [5, 5.41) is 11.8. The molecular weight excluding hydrogens is 142 g/mol. The van der Waals surface area contributed by atoms with Crippen LogP contribution in [-0.4, -0.2) is 38.0 Å². The van der Waals surface area contributed by atoms with E-state index in [1.165, 1.54) is 0 Å². The lowest BCUT2D eigenvalue weighted by molar-refractivity contribution is 0.150. The Balaban J connectivity index is 3.41. The predicted molar refractivity (Wildman–Crippen MR) is 45.6 cm³/mol. The molecule has 66 valence electrons. The van der Waals surface area contributed by atoms with Gasteiger partial charge in [0.05, 0.1) is 6.61 Å². The van der Waals surface area contributed by atoms with E-state index in [1.807, 2.05) is 0 Å². The third-order valence-corrected chi connectivity index (χ3v) is 1.40. The lowest BCUT2D eigenvalue weighted by Gasteiger charge is -2.14. The van der Waals surface area contributed by atoms with E-state index in [-0.39, 0.29) is 12.6 Å². The van der Waals surface area contributed by atoms with Crippen LogP contribution in [0.15, 0.2) is 12.7 Å². The number of rotatable bonds is 7. The summed E-state index contributed by atoms with van der Waals surface area (Å²) in [6.07, 6.45) is 2.52. The largest absolute Gasteiger partial charge is 0.396 e. The third-order valence-electron chi connectivity index (χ3n) is 1.40. The molecule has 3 heteroatoms. The Kier molecular flexibility index (Phi) is 7.46. The summed E-state index contributed by atoms with van der Waals surface area (Å²) in [7, 11) is 1.65. The highest BCUT2D eigenvalue weighted by Crippen LogP contribution is 1.90. The molecule has 0 spiro atoms. The number of ether oxygens (including phenoxy) is 1. The standard InChI is InChI=1S/C8H17NO2/c1-3-5-9-8(4-6-10)7-11-2/h3,8-10H,1,4-7H2,2H3. The van der Waals surface area contributed by atoms with Crippen LogP contribution in [0.1, 0.15) is 6.42 Å². The molecule has 0 heterocycles. The van der Waals surface area contributed by atoms with Gasteiger partial charge in [-0.3, -0.25) is 0 Å². The van der Waals surface area contributed by atoms with Crippen LogP contribution in [0.4, 0.5) is 0 Å². The lowest BCUT2D eigenvalue weighted by atomic mass is 10.2. The molecule has 0 aromatic rings. The molecule has 0 rings (SSSR count). The second-order valence-corrected chi connectivity index (χ2v) is 2.36. The number of nitrogens with one attached hydrogen (secondary N) is 1. The number of hydrogen-bond acceptors (Lipinski definition) is 3. The van der Waals surface area contributed by atoms with Crippen molar-refractivity contribution in [1.82, 2.24) is 5.32 Å². The fraction of sp³-hybridized carbons (Fsp3) is 0.750. The van der Waals surface area contributed by atoms with E-state index in [4.69, 9.17) is 9.84 Å². The van der Waals surface area contributed by atoms with Gasteiger partial charge in [-0.2, -0.15) is 0 Å². The fourth-order valence-corrected chi connectivity index (χ4v) is 0.851. The van der Waals surface area contributed by atoms with Crippen LogP contribution in [0.25, 0.3) is 0 Å². The van der Waals surface area contributed by atoms with Gasteiger partial charge >= 0.3 is 0 Å². The summed E-state index contributed by atoms with van der Waals surface area (Å²) in [4.78, 5) is 0. The Hall–Kier alpha value is -0.380. The molecule has 11 heavy (non-hydrogen) atoms. The van der Waals surface area contributed by atoms with Crippen molar-refractivity contribution < 1.29 is 9.84 Å². The number of aliphatic hydroxyl groups excluding tert-OH is 1. The van der Waals surface area contributed by atoms with Gasteiger partial charge in [-0.05, 0) is 6.42 Å². The van der Waals surface area contributed by atoms with E-state index >= 15 is 0 Å². The summed E-state index contributed by atoms with van der Waals surface area (Å²) in [5.74, 6) is 0. The highest BCUT2D eigenvalue weighted by Gasteiger charge is 2.04. The molecule has 0 fully saturated rings. The summed E-state index contributed by atoms with van der Waals surface area (Å²) in [5.41, 5.74) is 0. The zero-order valence-electron chi connectivity index (χ0n) is 7.05. The van der Waals surface area contributed by atoms with Gasteiger partial charge in [0.25, 0.3) is 0 Å².